The second kappa shape index (κ2) is 6.03. The number of nitrogens with one attached hydrogen (secondary N) is 1. The van der Waals surface area contributed by atoms with Crippen LogP contribution in [-0.4, -0.2) is 6.04 Å². The van der Waals surface area contributed by atoms with Gasteiger partial charge in [0.15, 0.2) is 0 Å². The first-order chi connectivity index (χ1) is 8.61. The molecule has 0 saturated heterocycles. The van der Waals surface area contributed by atoms with Gasteiger partial charge in [0.05, 0.1) is 5.02 Å². The van der Waals surface area contributed by atoms with E-state index in [2.05, 4.69) is 19.2 Å². The Morgan fingerprint density at radius 3 is 2.78 bits per heavy atom. The van der Waals surface area contributed by atoms with Gasteiger partial charge in [-0.3, -0.25) is 0 Å². The molecule has 3 unspecified atom stereocenters. The standard InChI is InChI=1S/C15H21ClFN/c1-3-12-5-7-15(10(12)2)18-9-11-4-6-13(16)14(17)8-11/h4,6,8,10,12,15,18H,3,5,7,9H2,1-2H3. The zero-order valence-electron chi connectivity index (χ0n) is 11.0. The third kappa shape index (κ3) is 3.04. The second-order valence-corrected chi connectivity index (χ2v) is 5.75. The van der Waals surface area contributed by atoms with Crippen LogP contribution in [0.1, 0.15) is 38.7 Å². The van der Waals surface area contributed by atoms with Crippen LogP contribution >= 0.6 is 11.6 Å². The van der Waals surface area contributed by atoms with Crippen LogP contribution in [0.4, 0.5) is 4.39 Å². The van der Waals surface area contributed by atoms with E-state index in [1.807, 2.05) is 6.07 Å². The Labute approximate surface area is 114 Å². The Hall–Kier alpha value is -0.600. The first kappa shape index (κ1) is 13.8. The summed E-state index contributed by atoms with van der Waals surface area (Å²) in [7, 11) is 0. The molecule has 3 atom stereocenters. The number of hydrogen-bond donors (Lipinski definition) is 1. The van der Waals surface area contributed by atoms with Crippen LogP contribution in [0.2, 0.25) is 5.02 Å². The lowest BCUT2D eigenvalue weighted by Gasteiger charge is -2.21. The average Bonchev–Trinajstić information content (AvgIpc) is 2.72. The summed E-state index contributed by atoms with van der Waals surface area (Å²) in [6.07, 6.45) is 3.80. The molecule has 1 aliphatic rings. The monoisotopic (exact) mass is 269 g/mol. The highest BCUT2D eigenvalue weighted by Crippen LogP contribution is 2.34. The van der Waals surface area contributed by atoms with Gasteiger partial charge in [0.1, 0.15) is 5.82 Å². The van der Waals surface area contributed by atoms with Crippen molar-refractivity contribution in [3.05, 3.63) is 34.6 Å². The summed E-state index contributed by atoms with van der Waals surface area (Å²) in [5.41, 5.74) is 0.962. The van der Waals surface area contributed by atoms with Gasteiger partial charge in [0.25, 0.3) is 0 Å². The van der Waals surface area contributed by atoms with Gasteiger partial charge in [0.2, 0.25) is 0 Å². The molecule has 0 bridgehead atoms. The molecule has 1 aliphatic carbocycles. The molecular weight excluding hydrogens is 249 g/mol. The highest BCUT2D eigenvalue weighted by Gasteiger charge is 2.30. The van der Waals surface area contributed by atoms with E-state index < -0.39 is 0 Å². The maximum absolute atomic E-state index is 13.3. The van der Waals surface area contributed by atoms with Gasteiger partial charge in [-0.15, -0.1) is 0 Å². The van der Waals surface area contributed by atoms with Gasteiger partial charge < -0.3 is 5.32 Å². The number of hydrogen-bond acceptors (Lipinski definition) is 1. The lowest BCUT2D eigenvalue weighted by atomic mass is 9.93. The molecule has 0 aliphatic heterocycles. The van der Waals surface area contributed by atoms with Crippen molar-refractivity contribution in [2.24, 2.45) is 11.8 Å². The van der Waals surface area contributed by atoms with Gasteiger partial charge in [-0.05, 0) is 42.4 Å². The summed E-state index contributed by atoms with van der Waals surface area (Å²) in [5.74, 6) is 1.22. The Kier molecular flexibility index (Phi) is 4.63. The van der Waals surface area contributed by atoms with E-state index in [1.54, 1.807) is 6.07 Å². The molecule has 1 N–H and O–H groups in total. The van der Waals surface area contributed by atoms with E-state index in [9.17, 15) is 4.39 Å². The van der Waals surface area contributed by atoms with E-state index in [0.29, 0.717) is 12.0 Å². The molecule has 18 heavy (non-hydrogen) atoms. The van der Waals surface area contributed by atoms with Crippen LogP contribution in [0.5, 0.6) is 0 Å². The maximum atomic E-state index is 13.3. The normalized spacial score (nSPS) is 27.7. The van der Waals surface area contributed by atoms with E-state index >= 15 is 0 Å². The van der Waals surface area contributed by atoms with Crippen molar-refractivity contribution in [1.82, 2.24) is 5.32 Å². The van der Waals surface area contributed by atoms with E-state index in [0.717, 1.165) is 18.0 Å². The molecule has 0 spiro atoms. The second-order valence-electron chi connectivity index (χ2n) is 5.34. The van der Waals surface area contributed by atoms with Gasteiger partial charge >= 0.3 is 0 Å². The van der Waals surface area contributed by atoms with Crippen molar-refractivity contribution in [1.29, 1.82) is 0 Å². The van der Waals surface area contributed by atoms with E-state index in [-0.39, 0.29) is 10.8 Å². The van der Waals surface area contributed by atoms with Gasteiger partial charge in [-0.1, -0.05) is 37.9 Å². The van der Waals surface area contributed by atoms with Crippen molar-refractivity contribution >= 4 is 11.6 Å². The number of rotatable bonds is 4. The predicted molar refractivity (Wildman–Crippen MR) is 74.2 cm³/mol. The van der Waals surface area contributed by atoms with Crippen LogP contribution in [-0.2, 0) is 6.54 Å². The van der Waals surface area contributed by atoms with Gasteiger partial charge in [-0.25, -0.2) is 4.39 Å². The number of halogens is 2. The van der Waals surface area contributed by atoms with Crippen molar-refractivity contribution in [2.45, 2.75) is 45.7 Å². The van der Waals surface area contributed by atoms with Crippen LogP contribution in [0, 0.1) is 17.7 Å². The van der Waals surface area contributed by atoms with Crippen LogP contribution in [0.3, 0.4) is 0 Å². The minimum Gasteiger partial charge on any atom is -0.310 e. The van der Waals surface area contributed by atoms with Gasteiger partial charge in [-0.2, -0.15) is 0 Å². The molecule has 2 rings (SSSR count). The summed E-state index contributed by atoms with van der Waals surface area (Å²) in [6, 6.07) is 5.59. The molecule has 0 amide bonds. The lowest BCUT2D eigenvalue weighted by molar-refractivity contribution is 0.344. The fourth-order valence-electron chi connectivity index (χ4n) is 3.01. The molecule has 0 heterocycles. The Morgan fingerprint density at radius 1 is 1.39 bits per heavy atom. The Balaban J connectivity index is 1.90. The fraction of sp³-hybridized carbons (Fsp3) is 0.600. The molecule has 1 nitrogen and oxygen atoms in total. The third-order valence-electron chi connectivity index (χ3n) is 4.30. The highest BCUT2D eigenvalue weighted by molar-refractivity contribution is 6.30. The summed E-state index contributed by atoms with van der Waals surface area (Å²) in [4.78, 5) is 0. The third-order valence-corrected chi connectivity index (χ3v) is 4.61. The van der Waals surface area contributed by atoms with Crippen molar-refractivity contribution in [3.63, 3.8) is 0 Å². The van der Waals surface area contributed by atoms with Crippen molar-refractivity contribution in [2.75, 3.05) is 0 Å². The van der Waals surface area contributed by atoms with Crippen LogP contribution < -0.4 is 5.32 Å². The largest absolute Gasteiger partial charge is 0.310 e. The smallest absolute Gasteiger partial charge is 0.142 e. The Morgan fingerprint density at radius 2 is 2.17 bits per heavy atom. The van der Waals surface area contributed by atoms with Crippen molar-refractivity contribution < 1.29 is 4.39 Å². The highest BCUT2D eigenvalue weighted by atomic mass is 35.5. The SMILES string of the molecule is CCC1CCC(NCc2ccc(Cl)c(F)c2)C1C. The molecule has 1 fully saturated rings. The first-order valence-corrected chi connectivity index (χ1v) is 7.17. The zero-order chi connectivity index (χ0) is 13.1. The summed E-state index contributed by atoms with van der Waals surface area (Å²) in [6.45, 7) is 5.30. The molecule has 100 valence electrons. The molecule has 0 aromatic heterocycles. The van der Waals surface area contributed by atoms with Gasteiger partial charge in [0, 0.05) is 12.6 Å². The Bertz CT molecular complexity index is 407. The topological polar surface area (TPSA) is 12.0 Å². The molecule has 1 saturated carbocycles. The van der Waals surface area contributed by atoms with E-state index in [1.165, 1.54) is 25.3 Å². The maximum Gasteiger partial charge on any atom is 0.142 e. The fourth-order valence-corrected chi connectivity index (χ4v) is 3.13. The molecule has 1 aromatic rings. The van der Waals surface area contributed by atoms with Crippen LogP contribution in [0.25, 0.3) is 0 Å². The number of benzene rings is 1. The average molecular weight is 270 g/mol. The minimum absolute atomic E-state index is 0.194. The summed E-state index contributed by atoms with van der Waals surface area (Å²) < 4.78 is 13.3. The van der Waals surface area contributed by atoms with E-state index in [4.69, 9.17) is 11.6 Å². The quantitative estimate of drug-likeness (QED) is 0.855. The first-order valence-electron chi connectivity index (χ1n) is 6.79. The lowest BCUT2D eigenvalue weighted by Crippen LogP contribution is -2.32. The molecule has 0 radical (unpaired) electrons. The zero-order valence-corrected chi connectivity index (χ0v) is 11.8. The molecule has 3 heteroatoms. The van der Waals surface area contributed by atoms with Crippen LogP contribution in [0.15, 0.2) is 18.2 Å². The molecule has 1 aromatic carbocycles. The molecular formula is C15H21ClFN. The predicted octanol–water partition coefficient (Wildman–Crippen LogP) is 4.39. The van der Waals surface area contributed by atoms with Crippen molar-refractivity contribution in [3.8, 4) is 0 Å². The summed E-state index contributed by atoms with van der Waals surface area (Å²) in [5, 5.41) is 3.74. The summed E-state index contributed by atoms with van der Waals surface area (Å²) >= 11 is 5.67. The minimum atomic E-state index is -0.332.